The van der Waals surface area contributed by atoms with E-state index in [1.165, 1.54) is 24.3 Å². The Morgan fingerprint density at radius 1 is 0.955 bits per heavy atom. The fourth-order valence-electron chi connectivity index (χ4n) is 1.85. The van der Waals surface area contributed by atoms with Crippen LogP contribution >= 0.6 is 0 Å². The van der Waals surface area contributed by atoms with E-state index in [1.54, 1.807) is 18.2 Å². The van der Waals surface area contributed by atoms with E-state index in [2.05, 4.69) is 10.6 Å². The van der Waals surface area contributed by atoms with Gasteiger partial charge < -0.3 is 10.6 Å². The molecule has 2 N–H and O–H groups in total. The topological polar surface area (TPSA) is 58.2 Å². The molecular weight excluding hydrogens is 290 g/mol. The van der Waals surface area contributed by atoms with Crippen molar-refractivity contribution >= 4 is 17.5 Å². The third-order valence-electron chi connectivity index (χ3n) is 2.93. The molecule has 114 valence electrons. The van der Waals surface area contributed by atoms with Crippen LogP contribution in [-0.4, -0.2) is 18.4 Å². The molecule has 0 saturated carbocycles. The molecule has 0 aromatic heterocycles. The Bertz CT molecular complexity index is 689. The van der Waals surface area contributed by atoms with Gasteiger partial charge in [0.25, 0.3) is 0 Å². The Morgan fingerprint density at radius 3 is 2.45 bits per heavy atom. The molecule has 2 amide bonds. The third kappa shape index (κ3) is 4.37. The maximum absolute atomic E-state index is 13.4. The molecule has 0 atom stereocenters. The lowest BCUT2D eigenvalue weighted by Crippen LogP contribution is -2.36. The van der Waals surface area contributed by atoms with Gasteiger partial charge in [0.2, 0.25) is 0 Å². The highest BCUT2D eigenvalue weighted by atomic mass is 19.1. The van der Waals surface area contributed by atoms with E-state index in [9.17, 15) is 18.4 Å². The molecule has 22 heavy (non-hydrogen) atoms. The lowest BCUT2D eigenvalue weighted by molar-refractivity contribution is -0.136. The lowest BCUT2D eigenvalue weighted by atomic mass is 10.1. The summed E-state index contributed by atoms with van der Waals surface area (Å²) in [6.45, 7) is 0.121. The van der Waals surface area contributed by atoms with Gasteiger partial charge in [-0.3, -0.25) is 9.59 Å². The van der Waals surface area contributed by atoms with Crippen molar-refractivity contribution in [2.24, 2.45) is 0 Å². The van der Waals surface area contributed by atoms with Crippen LogP contribution in [0.25, 0.3) is 0 Å². The first kappa shape index (κ1) is 15.6. The van der Waals surface area contributed by atoms with Crippen molar-refractivity contribution in [1.29, 1.82) is 0 Å². The number of anilines is 1. The second-order valence-electron chi connectivity index (χ2n) is 4.56. The number of benzene rings is 2. The molecule has 0 bridgehead atoms. The van der Waals surface area contributed by atoms with Gasteiger partial charge in [0, 0.05) is 12.2 Å². The van der Waals surface area contributed by atoms with Crippen LogP contribution < -0.4 is 10.6 Å². The number of hydrogen-bond donors (Lipinski definition) is 2. The Kier molecular flexibility index (Phi) is 5.19. The molecule has 0 radical (unpaired) electrons. The molecule has 0 spiro atoms. The summed E-state index contributed by atoms with van der Waals surface area (Å²) in [5.74, 6) is -2.64. The monoisotopic (exact) mass is 304 g/mol. The standard InChI is InChI=1S/C16H14F2N2O2/c17-12-5-3-6-13(10-12)20-16(22)15(21)19-9-8-11-4-1-2-7-14(11)18/h1-7,10H,8-9H2,(H,19,21)(H,20,22). The van der Waals surface area contributed by atoms with E-state index in [0.717, 1.165) is 6.07 Å². The van der Waals surface area contributed by atoms with Crippen LogP contribution in [0.5, 0.6) is 0 Å². The maximum Gasteiger partial charge on any atom is 0.313 e. The minimum Gasteiger partial charge on any atom is -0.347 e. The number of carbonyl (C=O) groups is 2. The van der Waals surface area contributed by atoms with Crippen LogP contribution in [0.15, 0.2) is 48.5 Å². The Hall–Kier alpha value is -2.76. The molecule has 0 aliphatic rings. The first-order valence-corrected chi connectivity index (χ1v) is 6.64. The van der Waals surface area contributed by atoms with E-state index in [-0.39, 0.29) is 24.5 Å². The lowest BCUT2D eigenvalue weighted by Gasteiger charge is -2.07. The van der Waals surface area contributed by atoms with E-state index < -0.39 is 17.6 Å². The number of hydrogen-bond acceptors (Lipinski definition) is 2. The number of rotatable bonds is 4. The summed E-state index contributed by atoms with van der Waals surface area (Å²) in [5, 5.41) is 4.66. The van der Waals surface area contributed by atoms with Gasteiger partial charge in [0.05, 0.1) is 0 Å². The Morgan fingerprint density at radius 2 is 1.73 bits per heavy atom. The van der Waals surface area contributed by atoms with Crippen molar-refractivity contribution < 1.29 is 18.4 Å². The van der Waals surface area contributed by atoms with Gasteiger partial charge in [-0.2, -0.15) is 0 Å². The van der Waals surface area contributed by atoms with E-state index in [1.807, 2.05) is 0 Å². The molecule has 0 saturated heterocycles. The second-order valence-corrected chi connectivity index (χ2v) is 4.56. The highest BCUT2D eigenvalue weighted by molar-refractivity contribution is 6.39. The average molecular weight is 304 g/mol. The molecular formula is C16H14F2N2O2. The molecule has 0 aliphatic carbocycles. The minimum atomic E-state index is -0.904. The molecule has 2 rings (SSSR count). The smallest absolute Gasteiger partial charge is 0.313 e. The van der Waals surface area contributed by atoms with Crippen molar-refractivity contribution in [3.05, 3.63) is 65.7 Å². The zero-order valence-electron chi connectivity index (χ0n) is 11.6. The summed E-state index contributed by atoms with van der Waals surface area (Å²) < 4.78 is 26.3. The largest absolute Gasteiger partial charge is 0.347 e. The van der Waals surface area contributed by atoms with Gasteiger partial charge in [-0.25, -0.2) is 8.78 Å². The normalized spacial score (nSPS) is 10.1. The Labute approximate surface area is 126 Å². The van der Waals surface area contributed by atoms with Crippen molar-refractivity contribution in [1.82, 2.24) is 5.32 Å². The molecule has 0 aliphatic heterocycles. The number of halogens is 2. The van der Waals surface area contributed by atoms with Gasteiger partial charge in [0.15, 0.2) is 0 Å². The summed E-state index contributed by atoms with van der Waals surface area (Å²) in [6.07, 6.45) is 0.270. The van der Waals surface area contributed by atoms with Crippen LogP contribution in [0.4, 0.5) is 14.5 Å². The molecule has 0 heterocycles. The van der Waals surface area contributed by atoms with Crippen LogP contribution in [-0.2, 0) is 16.0 Å². The maximum atomic E-state index is 13.4. The summed E-state index contributed by atoms with van der Waals surface area (Å²) >= 11 is 0. The van der Waals surface area contributed by atoms with E-state index in [4.69, 9.17) is 0 Å². The van der Waals surface area contributed by atoms with Crippen molar-refractivity contribution in [2.45, 2.75) is 6.42 Å². The minimum absolute atomic E-state index is 0.121. The number of nitrogens with one attached hydrogen (secondary N) is 2. The second kappa shape index (κ2) is 7.31. The van der Waals surface area contributed by atoms with Gasteiger partial charge in [0.1, 0.15) is 11.6 Å². The van der Waals surface area contributed by atoms with Crippen LogP contribution in [0.1, 0.15) is 5.56 Å². The fraction of sp³-hybridized carbons (Fsp3) is 0.125. The number of carbonyl (C=O) groups excluding carboxylic acids is 2. The highest BCUT2D eigenvalue weighted by Gasteiger charge is 2.13. The van der Waals surface area contributed by atoms with E-state index in [0.29, 0.717) is 5.56 Å². The molecule has 2 aromatic carbocycles. The van der Waals surface area contributed by atoms with Gasteiger partial charge in [-0.15, -0.1) is 0 Å². The quantitative estimate of drug-likeness (QED) is 0.851. The van der Waals surface area contributed by atoms with Gasteiger partial charge in [-0.05, 0) is 36.2 Å². The zero-order chi connectivity index (χ0) is 15.9. The number of amides is 2. The van der Waals surface area contributed by atoms with Crippen molar-refractivity contribution in [2.75, 3.05) is 11.9 Å². The third-order valence-corrected chi connectivity index (χ3v) is 2.93. The zero-order valence-corrected chi connectivity index (χ0v) is 11.6. The average Bonchev–Trinajstić information content (AvgIpc) is 2.49. The first-order valence-electron chi connectivity index (χ1n) is 6.64. The summed E-state index contributed by atoms with van der Waals surface area (Å²) in [4.78, 5) is 23.2. The van der Waals surface area contributed by atoms with Gasteiger partial charge >= 0.3 is 11.8 Å². The molecule has 0 fully saturated rings. The molecule has 4 nitrogen and oxygen atoms in total. The summed E-state index contributed by atoms with van der Waals surface area (Å²) in [7, 11) is 0. The predicted octanol–water partition coefficient (Wildman–Crippen LogP) is 2.26. The first-order chi connectivity index (χ1) is 10.6. The Balaban J connectivity index is 1.82. The fourth-order valence-corrected chi connectivity index (χ4v) is 1.85. The summed E-state index contributed by atoms with van der Waals surface area (Å²) in [6, 6.07) is 11.4. The van der Waals surface area contributed by atoms with Gasteiger partial charge in [-0.1, -0.05) is 24.3 Å². The van der Waals surface area contributed by atoms with Crippen LogP contribution in [0, 0.1) is 11.6 Å². The highest BCUT2D eigenvalue weighted by Crippen LogP contribution is 2.09. The predicted molar refractivity (Wildman–Crippen MR) is 78.1 cm³/mol. The van der Waals surface area contributed by atoms with Crippen LogP contribution in [0.2, 0.25) is 0 Å². The SMILES string of the molecule is O=C(NCCc1ccccc1F)C(=O)Nc1cccc(F)c1. The molecule has 6 heteroatoms. The van der Waals surface area contributed by atoms with E-state index >= 15 is 0 Å². The van der Waals surface area contributed by atoms with Crippen LogP contribution in [0.3, 0.4) is 0 Å². The summed E-state index contributed by atoms with van der Waals surface area (Å²) in [5.41, 5.74) is 0.641. The molecule has 0 unspecified atom stereocenters. The molecule has 2 aromatic rings. The van der Waals surface area contributed by atoms with Crippen molar-refractivity contribution in [3.63, 3.8) is 0 Å². The van der Waals surface area contributed by atoms with Crippen molar-refractivity contribution in [3.8, 4) is 0 Å².